The van der Waals surface area contributed by atoms with Gasteiger partial charge in [0.25, 0.3) is 10.0 Å². The van der Waals surface area contributed by atoms with Crippen molar-refractivity contribution >= 4 is 22.4 Å². The van der Waals surface area contributed by atoms with Crippen LogP contribution in [0, 0.1) is 5.92 Å². The second kappa shape index (κ2) is 6.21. The Bertz CT molecular complexity index is 517. The van der Waals surface area contributed by atoms with Crippen LogP contribution in [0.5, 0.6) is 0 Å². The van der Waals surface area contributed by atoms with E-state index in [0.717, 1.165) is 12.8 Å². The van der Waals surface area contributed by atoms with Gasteiger partial charge in [-0.1, -0.05) is 6.92 Å². The molecule has 1 aliphatic rings. The molecular formula is C11H21ClN4O2S. The zero-order chi connectivity index (χ0) is 13.3. The number of aromatic nitrogens is 2. The molecule has 110 valence electrons. The second-order valence-corrected chi connectivity index (χ2v) is 6.77. The van der Waals surface area contributed by atoms with Crippen molar-refractivity contribution < 1.29 is 8.42 Å². The summed E-state index contributed by atoms with van der Waals surface area (Å²) in [7, 11) is -1.84. The average Bonchev–Trinajstić information content (AvgIpc) is 2.75. The molecule has 2 unspecified atom stereocenters. The van der Waals surface area contributed by atoms with Crippen LogP contribution in [0.4, 0.5) is 0 Å². The molecule has 2 heterocycles. The van der Waals surface area contributed by atoms with Gasteiger partial charge in [-0.15, -0.1) is 12.4 Å². The van der Waals surface area contributed by atoms with Gasteiger partial charge in [0.1, 0.15) is 0 Å². The Hall–Kier alpha value is -0.630. The van der Waals surface area contributed by atoms with Gasteiger partial charge in [0.15, 0.2) is 5.03 Å². The summed E-state index contributed by atoms with van der Waals surface area (Å²) in [6.45, 7) is 3.04. The number of nitrogens with two attached hydrogens (primary N) is 1. The van der Waals surface area contributed by atoms with Gasteiger partial charge in [-0.25, -0.2) is 8.42 Å². The fourth-order valence-corrected chi connectivity index (χ4v) is 4.26. The molecule has 0 spiro atoms. The molecule has 0 bridgehead atoms. The molecule has 1 saturated heterocycles. The lowest BCUT2D eigenvalue weighted by molar-refractivity contribution is 0.210. The van der Waals surface area contributed by atoms with Crippen LogP contribution in [0.15, 0.2) is 17.3 Å². The normalized spacial score (nSPS) is 25.0. The third-order valence-corrected chi connectivity index (χ3v) is 5.57. The highest BCUT2D eigenvalue weighted by atomic mass is 35.5. The van der Waals surface area contributed by atoms with Crippen LogP contribution >= 0.6 is 12.4 Å². The molecule has 19 heavy (non-hydrogen) atoms. The highest BCUT2D eigenvalue weighted by Gasteiger charge is 2.36. The monoisotopic (exact) mass is 308 g/mol. The minimum atomic E-state index is -3.48. The number of aryl methyl sites for hydroxylation is 1. The molecule has 0 amide bonds. The van der Waals surface area contributed by atoms with Crippen molar-refractivity contribution in [3.05, 3.63) is 12.3 Å². The zero-order valence-corrected chi connectivity index (χ0v) is 12.8. The first-order valence-corrected chi connectivity index (χ1v) is 7.60. The largest absolute Gasteiger partial charge is 0.329 e. The molecule has 2 N–H and O–H groups in total. The van der Waals surface area contributed by atoms with Gasteiger partial charge in [-0.2, -0.15) is 9.40 Å². The summed E-state index contributed by atoms with van der Waals surface area (Å²) >= 11 is 0. The molecule has 0 aliphatic carbocycles. The summed E-state index contributed by atoms with van der Waals surface area (Å²) < 4.78 is 28.0. The number of hydrogen-bond acceptors (Lipinski definition) is 4. The zero-order valence-electron chi connectivity index (χ0n) is 11.2. The van der Waals surface area contributed by atoms with Crippen LogP contribution in [-0.2, 0) is 17.1 Å². The van der Waals surface area contributed by atoms with Gasteiger partial charge in [-0.3, -0.25) is 4.68 Å². The quantitative estimate of drug-likeness (QED) is 0.886. The van der Waals surface area contributed by atoms with E-state index in [-0.39, 0.29) is 23.5 Å². The maximum atomic E-state index is 12.6. The van der Waals surface area contributed by atoms with Crippen LogP contribution in [-0.4, -0.2) is 41.6 Å². The number of piperidine rings is 1. The van der Waals surface area contributed by atoms with Crippen molar-refractivity contribution in [3.8, 4) is 0 Å². The van der Waals surface area contributed by atoms with Crippen molar-refractivity contribution in [2.45, 2.75) is 30.8 Å². The van der Waals surface area contributed by atoms with E-state index in [1.54, 1.807) is 7.05 Å². The highest BCUT2D eigenvalue weighted by molar-refractivity contribution is 7.89. The van der Waals surface area contributed by atoms with Gasteiger partial charge in [0.05, 0.1) is 6.20 Å². The Morgan fingerprint density at radius 3 is 2.74 bits per heavy atom. The van der Waals surface area contributed by atoms with Crippen molar-refractivity contribution in [1.82, 2.24) is 14.1 Å². The Balaban J connectivity index is 0.00000180. The highest BCUT2D eigenvalue weighted by Crippen LogP contribution is 2.27. The van der Waals surface area contributed by atoms with Crippen molar-refractivity contribution in [1.29, 1.82) is 0 Å². The van der Waals surface area contributed by atoms with E-state index < -0.39 is 10.0 Å². The minimum Gasteiger partial charge on any atom is -0.329 e. The van der Waals surface area contributed by atoms with E-state index in [1.807, 2.05) is 0 Å². The molecule has 0 saturated carbocycles. The fourth-order valence-electron chi connectivity index (χ4n) is 2.50. The van der Waals surface area contributed by atoms with Crippen LogP contribution in [0.1, 0.15) is 19.8 Å². The molecule has 1 aromatic heterocycles. The second-order valence-electron chi connectivity index (χ2n) is 4.93. The molecular weight excluding hydrogens is 288 g/mol. The van der Waals surface area contributed by atoms with Gasteiger partial charge < -0.3 is 5.73 Å². The first-order valence-electron chi connectivity index (χ1n) is 6.16. The third kappa shape index (κ3) is 3.10. The summed E-state index contributed by atoms with van der Waals surface area (Å²) in [4.78, 5) is 0. The van der Waals surface area contributed by atoms with Crippen molar-refractivity contribution in [2.75, 3.05) is 13.1 Å². The standard InChI is InChI=1S/C11H20N4O2S.ClH/c1-9-4-6-15(10(7-9)8-12)18(16,17)11-3-5-13-14(11)2;/h3,5,9-10H,4,6-8,12H2,1-2H3;1H. The predicted octanol–water partition coefficient (Wildman–Crippen LogP) is 0.590. The van der Waals surface area contributed by atoms with E-state index >= 15 is 0 Å². The Labute approximate surface area is 120 Å². The topological polar surface area (TPSA) is 81.2 Å². The molecule has 8 heteroatoms. The molecule has 0 radical (unpaired) electrons. The summed E-state index contributed by atoms with van der Waals surface area (Å²) in [6, 6.07) is 1.43. The first kappa shape index (κ1) is 16.4. The van der Waals surface area contributed by atoms with Gasteiger partial charge in [0, 0.05) is 26.2 Å². The lowest BCUT2D eigenvalue weighted by Gasteiger charge is -2.36. The average molecular weight is 309 g/mol. The van der Waals surface area contributed by atoms with Crippen LogP contribution in [0.2, 0.25) is 0 Å². The van der Waals surface area contributed by atoms with E-state index in [0.29, 0.717) is 19.0 Å². The van der Waals surface area contributed by atoms with Crippen LogP contribution in [0.3, 0.4) is 0 Å². The van der Waals surface area contributed by atoms with Gasteiger partial charge in [0.2, 0.25) is 0 Å². The molecule has 0 aromatic carbocycles. The number of halogens is 1. The lowest BCUT2D eigenvalue weighted by Crippen LogP contribution is -2.49. The molecule has 6 nitrogen and oxygen atoms in total. The molecule has 1 aromatic rings. The minimum absolute atomic E-state index is 0. The summed E-state index contributed by atoms with van der Waals surface area (Å²) in [5, 5.41) is 4.16. The van der Waals surface area contributed by atoms with E-state index in [9.17, 15) is 8.42 Å². The third-order valence-electron chi connectivity index (χ3n) is 3.55. The summed E-state index contributed by atoms with van der Waals surface area (Å²) in [5.74, 6) is 0.525. The van der Waals surface area contributed by atoms with Crippen LogP contribution in [0.25, 0.3) is 0 Å². The van der Waals surface area contributed by atoms with Gasteiger partial charge in [-0.05, 0) is 24.8 Å². The SMILES string of the molecule is CC1CCN(S(=O)(=O)c2ccnn2C)C(CN)C1.Cl. The van der Waals surface area contributed by atoms with E-state index in [4.69, 9.17) is 5.73 Å². The summed E-state index contributed by atoms with van der Waals surface area (Å²) in [6.07, 6.45) is 3.21. The fraction of sp³-hybridized carbons (Fsp3) is 0.727. The molecule has 1 aliphatic heterocycles. The smallest absolute Gasteiger partial charge is 0.260 e. The lowest BCUT2D eigenvalue weighted by atomic mass is 9.94. The number of hydrogen-bond donors (Lipinski definition) is 1. The number of rotatable bonds is 3. The molecule has 2 atom stereocenters. The Kier molecular flexibility index (Phi) is 5.37. The Morgan fingerprint density at radius 1 is 1.53 bits per heavy atom. The number of sulfonamides is 1. The first-order chi connectivity index (χ1) is 8.46. The van der Waals surface area contributed by atoms with Crippen molar-refractivity contribution in [3.63, 3.8) is 0 Å². The van der Waals surface area contributed by atoms with Crippen LogP contribution < -0.4 is 5.73 Å². The molecule has 2 rings (SSSR count). The van der Waals surface area contributed by atoms with Crippen molar-refractivity contribution in [2.24, 2.45) is 18.7 Å². The number of nitrogens with zero attached hydrogens (tertiary/aromatic N) is 3. The summed E-state index contributed by atoms with van der Waals surface area (Å²) in [5.41, 5.74) is 5.72. The maximum absolute atomic E-state index is 12.6. The Morgan fingerprint density at radius 2 is 2.21 bits per heavy atom. The maximum Gasteiger partial charge on any atom is 0.260 e. The molecule has 1 fully saturated rings. The predicted molar refractivity (Wildman–Crippen MR) is 75.6 cm³/mol. The van der Waals surface area contributed by atoms with E-state index in [2.05, 4.69) is 12.0 Å². The van der Waals surface area contributed by atoms with E-state index in [1.165, 1.54) is 21.3 Å². The van der Waals surface area contributed by atoms with Gasteiger partial charge >= 0.3 is 0 Å².